The molecular weight excluding hydrogens is 379 g/mol. The third kappa shape index (κ3) is 3.92. The topological polar surface area (TPSA) is 109 Å². The lowest BCUT2D eigenvalue weighted by Crippen LogP contribution is -2.44. The van der Waals surface area contributed by atoms with Gasteiger partial charge in [-0.05, 0) is 34.9 Å². The van der Waals surface area contributed by atoms with E-state index in [2.05, 4.69) is 10.2 Å². The summed E-state index contributed by atoms with van der Waals surface area (Å²) < 4.78 is 25.7. The molecule has 1 aliphatic rings. The Morgan fingerprint density at radius 2 is 1.90 bits per heavy atom. The maximum atomic E-state index is 14.6. The van der Waals surface area contributed by atoms with E-state index < -0.39 is 30.2 Å². The van der Waals surface area contributed by atoms with Crippen LogP contribution < -0.4 is 0 Å². The van der Waals surface area contributed by atoms with Crippen molar-refractivity contribution in [2.24, 2.45) is 0 Å². The number of aliphatic hydroxyl groups excluding tert-OH is 3. The van der Waals surface area contributed by atoms with Crippen molar-refractivity contribution in [2.75, 3.05) is 6.61 Å². The quantitative estimate of drug-likeness (QED) is 0.617. The van der Waals surface area contributed by atoms with E-state index in [1.54, 1.807) is 37.3 Å². The Morgan fingerprint density at radius 3 is 2.59 bits per heavy atom. The Kier molecular flexibility index (Phi) is 5.42. The first-order valence-corrected chi connectivity index (χ1v) is 9.29. The third-order valence-corrected chi connectivity index (χ3v) is 5.03. The van der Waals surface area contributed by atoms with E-state index in [0.717, 1.165) is 0 Å². The van der Waals surface area contributed by atoms with Crippen LogP contribution in [0.5, 0.6) is 0 Å². The Bertz CT molecular complexity index is 1010. The summed E-state index contributed by atoms with van der Waals surface area (Å²) in [6.45, 7) is 1.39. The third-order valence-electron chi connectivity index (χ3n) is 5.03. The second-order valence-electron chi connectivity index (χ2n) is 7.10. The molecule has 8 heteroatoms. The van der Waals surface area contributed by atoms with E-state index in [1.165, 1.54) is 6.07 Å². The number of hydrogen-bond donors (Lipinski definition) is 3. The Labute approximate surface area is 166 Å². The largest absolute Gasteiger partial charge is 0.421 e. The molecule has 4 atom stereocenters. The molecule has 29 heavy (non-hydrogen) atoms. The van der Waals surface area contributed by atoms with Crippen molar-refractivity contribution in [3.63, 3.8) is 0 Å². The Balaban J connectivity index is 1.64. The lowest BCUT2D eigenvalue weighted by molar-refractivity contribution is -0.179. The molecule has 0 amide bonds. The van der Waals surface area contributed by atoms with Crippen LogP contribution in [0.4, 0.5) is 4.39 Å². The van der Waals surface area contributed by atoms with Gasteiger partial charge in [-0.2, -0.15) is 0 Å². The van der Waals surface area contributed by atoms with Crippen molar-refractivity contribution < 1.29 is 28.9 Å². The van der Waals surface area contributed by atoms with Crippen molar-refractivity contribution in [3.05, 3.63) is 59.7 Å². The Morgan fingerprint density at radius 1 is 1.10 bits per heavy atom. The molecule has 0 spiro atoms. The lowest BCUT2D eigenvalue weighted by atomic mass is 9.91. The predicted octanol–water partition coefficient (Wildman–Crippen LogP) is 2.40. The summed E-state index contributed by atoms with van der Waals surface area (Å²) in [7, 11) is 0. The zero-order valence-electron chi connectivity index (χ0n) is 15.7. The number of halogens is 1. The molecule has 0 aliphatic carbocycles. The number of hydrogen-bond acceptors (Lipinski definition) is 7. The molecule has 0 bridgehead atoms. The number of ether oxygens (including phenoxy) is 1. The molecule has 2 heterocycles. The van der Waals surface area contributed by atoms with E-state index in [-0.39, 0.29) is 24.5 Å². The molecule has 3 N–H and O–H groups in total. The van der Waals surface area contributed by atoms with Gasteiger partial charge in [-0.1, -0.05) is 24.3 Å². The standard InChI is InChI=1S/C21H21FN2O5/c1-11-23-24-21(28-11)16-6-5-13(8-17(16)22)12-3-2-4-14(7-12)20-19(27)18(26)9-15(10-25)29-20/h2-8,15,18-20,25-27H,9-10H2,1H3. The molecule has 1 fully saturated rings. The van der Waals surface area contributed by atoms with Crippen LogP contribution in [0.25, 0.3) is 22.6 Å². The molecule has 4 unspecified atom stereocenters. The van der Waals surface area contributed by atoms with Gasteiger partial charge < -0.3 is 24.5 Å². The number of rotatable bonds is 4. The SMILES string of the molecule is Cc1nnc(-c2ccc(-c3cccc(C4OC(CO)CC(O)C4O)c3)cc2F)o1. The van der Waals surface area contributed by atoms with E-state index >= 15 is 0 Å². The molecular formula is C21H21FN2O5. The first kappa shape index (κ1) is 19.7. The van der Waals surface area contributed by atoms with E-state index in [0.29, 0.717) is 22.6 Å². The van der Waals surface area contributed by atoms with Crippen molar-refractivity contribution in [2.45, 2.75) is 37.8 Å². The first-order chi connectivity index (χ1) is 14.0. The van der Waals surface area contributed by atoms with Gasteiger partial charge >= 0.3 is 0 Å². The zero-order chi connectivity index (χ0) is 20.5. The van der Waals surface area contributed by atoms with Gasteiger partial charge in [0.25, 0.3) is 5.89 Å². The van der Waals surface area contributed by atoms with E-state index in [9.17, 15) is 19.7 Å². The number of benzene rings is 2. The fourth-order valence-corrected chi connectivity index (χ4v) is 3.52. The number of aryl methyl sites for hydroxylation is 1. The monoisotopic (exact) mass is 400 g/mol. The van der Waals surface area contributed by atoms with Crippen molar-refractivity contribution >= 4 is 0 Å². The van der Waals surface area contributed by atoms with Crippen molar-refractivity contribution in [1.82, 2.24) is 10.2 Å². The summed E-state index contributed by atoms with van der Waals surface area (Å²) in [6, 6.07) is 11.8. The highest BCUT2D eigenvalue weighted by atomic mass is 19.1. The van der Waals surface area contributed by atoms with Gasteiger partial charge in [-0.3, -0.25) is 0 Å². The van der Waals surface area contributed by atoms with Gasteiger partial charge in [0.15, 0.2) is 0 Å². The van der Waals surface area contributed by atoms with Crippen LogP contribution in [0.2, 0.25) is 0 Å². The fourth-order valence-electron chi connectivity index (χ4n) is 3.52. The maximum absolute atomic E-state index is 14.6. The van der Waals surface area contributed by atoms with Crippen LogP contribution in [-0.4, -0.2) is 50.4 Å². The molecule has 7 nitrogen and oxygen atoms in total. The number of nitrogens with zero attached hydrogens (tertiary/aromatic N) is 2. The minimum absolute atomic E-state index is 0.114. The highest BCUT2D eigenvalue weighted by Crippen LogP contribution is 2.34. The Hall–Kier alpha value is -2.65. The minimum atomic E-state index is -1.12. The van der Waals surface area contributed by atoms with Gasteiger partial charge in [0.1, 0.15) is 18.0 Å². The van der Waals surface area contributed by atoms with Crippen molar-refractivity contribution in [1.29, 1.82) is 0 Å². The minimum Gasteiger partial charge on any atom is -0.421 e. The van der Waals surface area contributed by atoms with Crippen LogP contribution >= 0.6 is 0 Å². The molecule has 4 rings (SSSR count). The fraction of sp³-hybridized carbons (Fsp3) is 0.333. The molecule has 1 aromatic heterocycles. The highest BCUT2D eigenvalue weighted by Gasteiger charge is 2.37. The van der Waals surface area contributed by atoms with Crippen LogP contribution in [0.15, 0.2) is 46.9 Å². The molecule has 1 saturated heterocycles. The summed E-state index contributed by atoms with van der Waals surface area (Å²) in [5, 5.41) is 37.3. The summed E-state index contributed by atoms with van der Waals surface area (Å²) >= 11 is 0. The average molecular weight is 400 g/mol. The molecule has 0 radical (unpaired) electrons. The molecule has 1 aliphatic heterocycles. The van der Waals surface area contributed by atoms with E-state index in [1.807, 2.05) is 6.07 Å². The van der Waals surface area contributed by atoms with Gasteiger partial charge in [0, 0.05) is 13.3 Å². The van der Waals surface area contributed by atoms with Gasteiger partial charge in [-0.15, -0.1) is 10.2 Å². The van der Waals surface area contributed by atoms with Gasteiger partial charge in [0.05, 0.1) is 24.4 Å². The number of aliphatic hydroxyl groups is 3. The highest BCUT2D eigenvalue weighted by molar-refractivity contribution is 5.68. The van der Waals surface area contributed by atoms with Gasteiger partial charge in [-0.25, -0.2) is 4.39 Å². The second kappa shape index (κ2) is 8.00. The van der Waals surface area contributed by atoms with Crippen LogP contribution in [0.3, 0.4) is 0 Å². The van der Waals surface area contributed by atoms with E-state index in [4.69, 9.17) is 9.15 Å². The summed E-state index contributed by atoms with van der Waals surface area (Å²) in [5.41, 5.74) is 2.18. The average Bonchev–Trinajstić information content (AvgIpc) is 3.16. The van der Waals surface area contributed by atoms with Crippen LogP contribution in [0.1, 0.15) is 24.0 Å². The van der Waals surface area contributed by atoms with Crippen LogP contribution in [-0.2, 0) is 4.74 Å². The molecule has 3 aromatic rings. The summed E-state index contributed by atoms with van der Waals surface area (Å²) in [4.78, 5) is 0. The van der Waals surface area contributed by atoms with Gasteiger partial charge in [0.2, 0.25) is 5.89 Å². The normalized spacial score (nSPS) is 24.6. The zero-order valence-corrected chi connectivity index (χ0v) is 15.7. The summed E-state index contributed by atoms with van der Waals surface area (Å²) in [6.07, 6.45) is -3.30. The molecule has 2 aromatic carbocycles. The lowest BCUT2D eigenvalue weighted by Gasteiger charge is -2.37. The maximum Gasteiger partial charge on any atom is 0.250 e. The second-order valence-corrected chi connectivity index (χ2v) is 7.10. The van der Waals surface area contributed by atoms with Crippen LogP contribution in [0, 0.1) is 12.7 Å². The molecule has 152 valence electrons. The number of aromatic nitrogens is 2. The molecule has 0 saturated carbocycles. The van der Waals surface area contributed by atoms with Crippen molar-refractivity contribution in [3.8, 4) is 22.6 Å². The first-order valence-electron chi connectivity index (χ1n) is 9.29. The smallest absolute Gasteiger partial charge is 0.250 e. The predicted molar refractivity (Wildman–Crippen MR) is 101 cm³/mol. The summed E-state index contributed by atoms with van der Waals surface area (Å²) in [5.74, 6) is -0.0325.